The molecule has 1 aromatic carbocycles. The number of hydrogen-bond donors (Lipinski definition) is 0. The molecule has 0 radical (unpaired) electrons. The molecule has 106 valence electrons. The second kappa shape index (κ2) is 6.71. The lowest BCUT2D eigenvalue weighted by Crippen LogP contribution is -2.28. The number of amides is 1. The Morgan fingerprint density at radius 3 is 2.55 bits per heavy atom. The third kappa shape index (κ3) is 2.94. The molecule has 3 nitrogen and oxygen atoms in total. The van der Waals surface area contributed by atoms with Gasteiger partial charge in [-0.05, 0) is 31.5 Å². The normalized spacial score (nSPS) is 18.1. The molecule has 0 aromatic heterocycles. The fourth-order valence-electron chi connectivity index (χ4n) is 2.44. The van der Waals surface area contributed by atoms with E-state index in [4.69, 9.17) is 6.42 Å². The summed E-state index contributed by atoms with van der Waals surface area (Å²) in [4.78, 5) is 15.9. The molecule has 2 rings (SSSR count). The molecule has 1 aliphatic heterocycles. The maximum absolute atomic E-state index is 11.8. The van der Waals surface area contributed by atoms with Gasteiger partial charge in [0, 0.05) is 18.8 Å². The number of benzene rings is 1. The van der Waals surface area contributed by atoms with Gasteiger partial charge in [0.15, 0.2) is 0 Å². The van der Waals surface area contributed by atoms with Crippen molar-refractivity contribution in [3.8, 4) is 12.3 Å². The summed E-state index contributed by atoms with van der Waals surface area (Å²) in [5.74, 6) is 3.22. The van der Waals surface area contributed by atoms with Crippen molar-refractivity contribution in [1.82, 2.24) is 4.90 Å². The van der Waals surface area contributed by atoms with Gasteiger partial charge in [-0.2, -0.15) is 0 Å². The zero-order valence-electron chi connectivity index (χ0n) is 12.0. The Morgan fingerprint density at radius 1 is 1.35 bits per heavy atom. The van der Waals surface area contributed by atoms with Gasteiger partial charge >= 0.3 is 0 Å². The van der Waals surface area contributed by atoms with Crippen LogP contribution in [0.25, 0.3) is 0 Å². The minimum atomic E-state index is 0.0595. The Kier molecular flexibility index (Phi) is 4.97. The van der Waals surface area contributed by atoms with Crippen molar-refractivity contribution >= 4 is 23.4 Å². The van der Waals surface area contributed by atoms with E-state index in [2.05, 4.69) is 48.9 Å². The van der Waals surface area contributed by atoms with Crippen LogP contribution in [0.3, 0.4) is 0 Å². The number of anilines is 1. The summed E-state index contributed by atoms with van der Waals surface area (Å²) in [6.45, 7) is 6.68. The number of thioether (sulfide) groups is 1. The molecule has 20 heavy (non-hydrogen) atoms. The predicted molar refractivity (Wildman–Crippen MR) is 85.7 cm³/mol. The zero-order chi connectivity index (χ0) is 14.5. The van der Waals surface area contributed by atoms with Gasteiger partial charge < -0.3 is 9.80 Å². The third-order valence-corrected chi connectivity index (χ3v) is 4.79. The van der Waals surface area contributed by atoms with Crippen molar-refractivity contribution in [1.29, 1.82) is 0 Å². The highest BCUT2D eigenvalue weighted by Gasteiger charge is 2.31. The maximum atomic E-state index is 11.8. The first-order valence-corrected chi connectivity index (χ1v) is 7.95. The van der Waals surface area contributed by atoms with Crippen LogP contribution in [0, 0.1) is 12.3 Å². The standard InChI is InChI=1S/C16H20N2OS/c1-4-11-18-15(19)12-20-16(18)13-7-9-14(10-8-13)17(5-2)6-3/h1,7-10,16H,5-6,11-12H2,2-3H3. The van der Waals surface area contributed by atoms with E-state index < -0.39 is 0 Å². The van der Waals surface area contributed by atoms with Gasteiger partial charge in [0.1, 0.15) is 5.37 Å². The third-order valence-electron chi connectivity index (χ3n) is 3.54. The van der Waals surface area contributed by atoms with Crippen molar-refractivity contribution in [3.63, 3.8) is 0 Å². The van der Waals surface area contributed by atoms with E-state index in [0.717, 1.165) is 18.7 Å². The first kappa shape index (κ1) is 14.8. The van der Waals surface area contributed by atoms with E-state index in [1.807, 2.05) is 0 Å². The molecule has 1 heterocycles. The van der Waals surface area contributed by atoms with Gasteiger partial charge in [-0.25, -0.2) is 0 Å². The fourth-order valence-corrected chi connectivity index (χ4v) is 3.63. The van der Waals surface area contributed by atoms with E-state index in [1.54, 1.807) is 16.7 Å². The topological polar surface area (TPSA) is 23.6 Å². The van der Waals surface area contributed by atoms with E-state index in [1.165, 1.54) is 5.69 Å². The molecule has 4 heteroatoms. The molecule has 1 saturated heterocycles. The molecular formula is C16H20N2OS. The monoisotopic (exact) mass is 288 g/mol. The van der Waals surface area contributed by atoms with Crippen LogP contribution in [0.15, 0.2) is 24.3 Å². The van der Waals surface area contributed by atoms with Crippen LogP contribution >= 0.6 is 11.8 Å². The molecule has 1 fully saturated rings. The Bertz CT molecular complexity index is 502. The van der Waals surface area contributed by atoms with Crippen LogP contribution in [-0.2, 0) is 4.79 Å². The summed E-state index contributed by atoms with van der Waals surface area (Å²) in [6.07, 6.45) is 5.35. The van der Waals surface area contributed by atoms with E-state index in [9.17, 15) is 4.79 Å². The first-order valence-electron chi connectivity index (χ1n) is 6.90. The largest absolute Gasteiger partial charge is 0.372 e. The molecule has 1 aliphatic rings. The maximum Gasteiger partial charge on any atom is 0.234 e. The molecule has 1 aromatic rings. The lowest BCUT2D eigenvalue weighted by atomic mass is 10.1. The highest BCUT2D eigenvalue weighted by molar-refractivity contribution is 8.00. The average Bonchev–Trinajstić information content (AvgIpc) is 2.83. The highest BCUT2D eigenvalue weighted by atomic mass is 32.2. The van der Waals surface area contributed by atoms with Crippen LogP contribution in [-0.4, -0.2) is 36.2 Å². The van der Waals surface area contributed by atoms with Crippen molar-refractivity contribution in [2.45, 2.75) is 19.2 Å². The molecule has 0 bridgehead atoms. The molecule has 0 saturated carbocycles. The Hall–Kier alpha value is -1.60. The van der Waals surface area contributed by atoms with Crippen molar-refractivity contribution in [3.05, 3.63) is 29.8 Å². The fraction of sp³-hybridized carbons (Fsp3) is 0.438. The Morgan fingerprint density at radius 2 is 2.00 bits per heavy atom. The predicted octanol–water partition coefficient (Wildman–Crippen LogP) is 2.74. The Labute approximate surface area is 125 Å². The summed E-state index contributed by atoms with van der Waals surface area (Å²) in [6, 6.07) is 8.46. The smallest absolute Gasteiger partial charge is 0.234 e. The number of hydrogen-bond acceptors (Lipinski definition) is 3. The molecule has 0 N–H and O–H groups in total. The van der Waals surface area contributed by atoms with Crippen LogP contribution < -0.4 is 4.90 Å². The van der Waals surface area contributed by atoms with Gasteiger partial charge in [-0.3, -0.25) is 4.79 Å². The van der Waals surface area contributed by atoms with Gasteiger partial charge in [-0.15, -0.1) is 18.2 Å². The van der Waals surface area contributed by atoms with Crippen LogP contribution in [0.1, 0.15) is 24.8 Å². The summed E-state index contributed by atoms with van der Waals surface area (Å²) < 4.78 is 0. The minimum absolute atomic E-state index is 0.0595. The SMILES string of the molecule is C#CCN1C(=O)CSC1c1ccc(N(CC)CC)cc1. The zero-order valence-corrected chi connectivity index (χ0v) is 12.8. The lowest BCUT2D eigenvalue weighted by Gasteiger charge is -2.24. The molecule has 1 unspecified atom stereocenters. The Balaban J connectivity index is 2.17. The number of carbonyl (C=O) groups is 1. The second-order valence-electron chi connectivity index (χ2n) is 4.65. The summed E-state index contributed by atoms with van der Waals surface area (Å²) in [5.41, 5.74) is 2.36. The summed E-state index contributed by atoms with van der Waals surface area (Å²) >= 11 is 1.64. The van der Waals surface area contributed by atoms with Crippen molar-refractivity contribution < 1.29 is 4.79 Å². The average molecular weight is 288 g/mol. The van der Waals surface area contributed by atoms with Crippen LogP contribution in [0.2, 0.25) is 0 Å². The van der Waals surface area contributed by atoms with Crippen molar-refractivity contribution in [2.24, 2.45) is 0 Å². The first-order chi connectivity index (χ1) is 9.71. The highest BCUT2D eigenvalue weighted by Crippen LogP contribution is 2.38. The van der Waals surface area contributed by atoms with E-state index in [0.29, 0.717) is 12.3 Å². The quantitative estimate of drug-likeness (QED) is 0.778. The molecule has 0 spiro atoms. The molecule has 0 aliphatic carbocycles. The van der Waals surface area contributed by atoms with Crippen molar-refractivity contribution in [2.75, 3.05) is 30.3 Å². The van der Waals surface area contributed by atoms with Crippen LogP contribution in [0.4, 0.5) is 5.69 Å². The van der Waals surface area contributed by atoms with E-state index >= 15 is 0 Å². The second-order valence-corrected chi connectivity index (χ2v) is 5.72. The van der Waals surface area contributed by atoms with Gasteiger partial charge in [-0.1, -0.05) is 18.1 Å². The van der Waals surface area contributed by atoms with Gasteiger partial charge in [0.05, 0.1) is 12.3 Å². The minimum Gasteiger partial charge on any atom is -0.372 e. The summed E-state index contributed by atoms with van der Waals surface area (Å²) in [7, 11) is 0. The van der Waals surface area contributed by atoms with Gasteiger partial charge in [0.25, 0.3) is 0 Å². The summed E-state index contributed by atoms with van der Waals surface area (Å²) in [5, 5.41) is 0.0595. The molecule has 1 amide bonds. The number of terminal acetylenes is 1. The number of carbonyl (C=O) groups excluding carboxylic acids is 1. The molecule has 1 atom stereocenters. The number of rotatable bonds is 5. The van der Waals surface area contributed by atoms with E-state index in [-0.39, 0.29) is 11.3 Å². The van der Waals surface area contributed by atoms with Crippen LogP contribution in [0.5, 0.6) is 0 Å². The van der Waals surface area contributed by atoms with Gasteiger partial charge in [0.2, 0.25) is 5.91 Å². The molecular weight excluding hydrogens is 268 g/mol. The number of nitrogens with zero attached hydrogens (tertiary/aromatic N) is 2. The lowest BCUT2D eigenvalue weighted by molar-refractivity contribution is -0.127.